The summed E-state index contributed by atoms with van der Waals surface area (Å²) in [7, 11) is 0. The number of anilines is 1. The van der Waals surface area contributed by atoms with Gasteiger partial charge in [-0.3, -0.25) is 4.90 Å². The van der Waals surface area contributed by atoms with Crippen LogP contribution in [0.4, 0.5) is 5.82 Å². The summed E-state index contributed by atoms with van der Waals surface area (Å²) >= 11 is 5.06. The van der Waals surface area contributed by atoms with E-state index in [-0.39, 0.29) is 0 Å². The standard InChI is InChI=1S/C13H19N5OS/c14-12(20)11-13(16-3-2-15-11)18-4-1-10(9-18)17-5-7-19-8-6-17/h2-3,10H,1,4-9H2,(H2,14,20). The highest BCUT2D eigenvalue weighted by molar-refractivity contribution is 7.80. The summed E-state index contributed by atoms with van der Waals surface area (Å²) in [6, 6.07) is 0.556. The van der Waals surface area contributed by atoms with Crippen LogP contribution in [0.25, 0.3) is 0 Å². The van der Waals surface area contributed by atoms with Crippen LogP contribution >= 0.6 is 12.2 Å². The molecule has 2 aliphatic rings. The fraction of sp³-hybridized carbons (Fsp3) is 0.615. The zero-order chi connectivity index (χ0) is 13.9. The van der Waals surface area contributed by atoms with Crippen molar-refractivity contribution in [1.82, 2.24) is 14.9 Å². The number of nitrogens with zero attached hydrogens (tertiary/aromatic N) is 4. The molecular weight excluding hydrogens is 274 g/mol. The Morgan fingerprint density at radius 2 is 2.00 bits per heavy atom. The first-order valence-corrected chi connectivity index (χ1v) is 7.34. The van der Waals surface area contributed by atoms with Crippen molar-refractivity contribution >= 4 is 23.0 Å². The number of hydrogen-bond donors (Lipinski definition) is 1. The summed E-state index contributed by atoms with van der Waals surface area (Å²) < 4.78 is 5.41. The molecule has 0 saturated carbocycles. The van der Waals surface area contributed by atoms with E-state index in [1.54, 1.807) is 12.4 Å². The van der Waals surface area contributed by atoms with Gasteiger partial charge in [-0.05, 0) is 6.42 Å². The largest absolute Gasteiger partial charge is 0.388 e. The minimum atomic E-state index is 0.308. The number of aromatic nitrogens is 2. The zero-order valence-corrected chi connectivity index (χ0v) is 12.2. The van der Waals surface area contributed by atoms with Crippen LogP contribution < -0.4 is 10.6 Å². The Hall–Kier alpha value is -1.31. The van der Waals surface area contributed by atoms with E-state index in [2.05, 4.69) is 19.8 Å². The average Bonchev–Trinajstić information content (AvgIpc) is 2.98. The van der Waals surface area contributed by atoms with Gasteiger partial charge in [0.25, 0.3) is 0 Å². The smallest absolute Gasteiger partial charge is 0.157 e. The molecule has 0 aromatic carbocycles. The molecule has 7 heteroatoms. The monoisotopic (exact) mass is 293 g/mol. The second-order valence-electron chi connectivity index (χ2n) is 5.13. The highest BCUT2D eigenvalue weighted by Gasteiger charge is 2.30. The van der Waals surface area contributed by atoms with E-state index >= 15 is 0 Å². The van der Waals surface area contributed by atoms with Crippen molar-refractivity contribution in [1.29, 1.82) is 0 Å². The molecule has 0 spiro atoms. The molecule has 20 heavy (non-hydrogen) atoms. The summed E-state index contributed by atoms with van der Waals surface area (Å²) in [6.07, 6.45) is 4.46. The van der Waals surface area contributed by atoms with Gasteiger partial charge >= 0.3 is 0 Å². The first-order chi connectivity index (χ1) is 9.75. The molecule has 3 heterocycles. The Bertz CT molecular complexity index is 491. The topological polar surface area (TPSA) is 67.5 Å². The van der Waals surface area contributed by atoms with Gasteiger partial charge < -0.3 is 15.4 Å². The van der Waals surface area contributed by atoms with Gasteiger partial charge in [0.15, 0.2) is 5.82 Å². The first-order valence-electron chi connectivity index (χ1n) is 6.93. The van der Waals surface area contributed by atoms with Crippen LogP contribution in [-0.4, -0.2) is 65.3 Å². The number of ether oxygens (including phenoxy) is 1. The maximum atomic E-state index is 5.73. The predicted octanol–water partition coefficient (Wildman–Crippen LogP) is 0.0217. The van der Waals surface area contributed by atoms with Gasteiger partial charge in [-0.15, -0.1) is 0 Å². The van der Waals surface area contributed by atoms with E-state index in [0.717, 1.165) is 51.6 Å². The molecule has 2 fully saturated rings. The van der Waals surface area contributed by atoms with Crippen molar-refractivity contribution in [2.75, 3.05) is 44.3 Å². The third kappa shape index (κ3) is 2.74. The predicted molar refractivity (Wildman–Crippen MR) is 80.9 cm³/mol. The molecule has 3 rings (SSSR count). The number of morpholine rings is 1. The van der Waals surface area contributed by atoms with Crippen LogP contribution in [0.15, 0.2) is 12.4 Å². The van der Waals surface area contributed by atoms with Gasteiger partial charge in [0, 0.05) is 44.6 Å². The summed E-state index contributed by atoms with van der Waals surface area (Å²) in [5.74, 6) is 0.816. The van der Waals surface area contributed by atoms with Gasteiger partial charge in [-0.1, -0.05) is 12.2 Å². The van der Waals surface area contributed by atoms with Crippen molar-refractivity contribution in [2.24, 2.45) is 5.73 Å². The molecule has 2 saturated heterocycles. The fourth-order valence-electron chi connectivity index (χ4n) is 2.91. The second kappa shape index (κ2) is 5.99. The lowest BCUT2D eigenvalue weighted by Gasteiger charge is -2.32. The molecule has 1 atom stereocenters. The minimum Gasteiger partial charge on any atom is -0.388 e. The van der Waals surface area contributed by atoms with Crippen LogP contribution in [0.5, 0.6) is 0 Å². The minimum absolute atomic E-state index is 0.308. The Kier molecular flexibility index (Phi) is 4.09. The molecule has 1 unspecified atom stereocenters. The quantitative estimate of drug-likeness (QED) is 0.788. The van der Waals surface area contributed by atoms with E-state index in [1.165, 1.54) is 0 Å². The van der Waals surface area contributed by atoms with E-state index in [4.69, 9.17) is 22.7 Å². The maximum Gasteiger partial charge on any atom is 0.157 e. The summed E-state index contributed by atoms with van der Waals surface area (Å²) in [4.78, 5) is 13.7. The normalized spacial score (nSPS) is 24.0. The summed E-state index contributed by atoms with van der Waals surface area (Å²) in [5, 5.41) is 0. The molecule has 2 aliphatic heterocycles. The molecular formula is C13H19N5OS. The van der Waals surface area contributed by atoms with Crippen molar-refractivity contribution < 1.29 is 4.74 Å². The third-order valence-electron chi connectivity index (χ3n) is 3.94. The lowest BCUT2D eigenvalue weighted by atomic mass is 10.2. The first kappa shape index (κ1) is 13.7. The maximum absolute atomic E-state index is 5.73. The lowest BCUT2D eigenvalue weighted by molar-refractivity contribution is 0.0209. The number of nitrogens with two attached hydrogens (primary N) is 1. The van der Waals surface area contributed by atoms with E-state index < -0.39 is 0 Å². The summed E-state index contributed by atoms with van der Waals surface area (Å²) in [6.45, 7) is 5.62. The van der Waals surface area contributed by atoms with Gasteiger partial charge in [-0.2, -0.15) is 0 Å². The molecule has 2 N–H and O–H groups in total. The number of thiocarbonyl (C=S) groups is 1. The Morgan fingerprint density at radius 3 is 2.75 bits per heavy atom. The molecule has 0 aliphatic carbocycles. The van der Waals surface area contributed by atoms with Crippen molar-refractivity contribution in [3.8, 4) is 0 Å². The van der Waals surface area contributed by atoms with Crippen LogP contribution in [0.3, 0.4) is 0 Å². The highest BCUT2D eigenvalue weighted by atomic mass is 32.1. The third-order valence-corrected chi connectivity index (χ3v) is 4.13. The van der Waals surface area contributed by atoms with Crippen molar-refractivity contribution in [2.45, 2.75) is 12.5 Å². The number of rotatable bonds is 3. The molecule has 0 bridgehead atoms. The molecule has 108 valence electrons. The van der Waals surface area contributed by atoms with Crippen LogP contribution in [-0.2, 0) is 4.74 Å². The van der Waals surface area contributed by atoms with Crippen LogP contribution in [0, 0.1) is 0 Å². The van der Waals surface area contributed by atoms with Crippen LogP contribution in [0.1, 0.15) is 12.1 Å². The fourth-order valence-corrected chi connectivity index (χ4v) is 3.05. The van der Waals surface area contributed by atoms with E-state index in [0.29, 0.717) is 16.7 Å². The zero-order valence-electron chi connectivity index (χ0n) is 11.4. The van der Waals surface area contributed by atoms with E-state index in [1.807, 2.05) is 0 Å². The second-order valence-corrected chi connectivity index (χ2v) is 5.57. The molecule has 1 aromatic heterocycles. The van der Waals surface area contributed by atoms with Gasteiger partial charge in [-0.25, -0.2) is 9.97 Å². The van der Waals surface area contributed by atoms with Gasteiger partial charge in [0.2, 0.25) is 0 Å². The van der Waals surface area contributed by atoms with E-state index in [9.17, 15) is 0 Å². The average molecular weight is 293 g/mol. The Labute approximate surface area is 123 Å². The molecule has 0 radical (unpaired) electrons. The SMILES string of the molecule is NC(=S)c1nccnc1N1CCC(N2CCOCC2)C1. The Balaban J connectivity index is 1.72. The molecule has 0 amide bonds. The van der Waals surface area contributed by atoms with Gasteiger partial charge in [0.05, 0.1) is 13.2 Å². The van der Waals surface area contributed by atoms with Gasteiger partial charge in [0.1, 0.15) is 10.7 Å². The lowest BCUT2D eigenvalue weighted by Crippen LogP contribution is -2.44. The Morgan fingerprint density at radius 1 is 1.25 bits per heavy atom. The van der Waals surface area contributed by atoms with Crippen molar-refractivity contribution in [3.05, 3.63) is 18.1 Å². The van der Waals surface area contributed by atoms with Crippen LogP contribution in [0.2, 0.25) is 0 Å². The molecule has 6 nitrogen and oxygen atoms in total. The highest BCUT2D eigenvalue weighted by Crippen LogP contribution is 2.23. The number of hydrogen-bond acceptors (Lipinski definition) is 6. The molecule has 1 aromatic rings. The van der Waals surface area contributed by atoms with Crippen molar-refractivity contribution in [3.63, 3.8) is 0 Å². The summed E-state index contributed by atoms with van der Waals surface area (Å²) in [5.41, 5.74) is 6.36.